The first-order chi connectivity index (χ1) is 10.3. The molecule has 0 radical (unpaired) electrons. The van der Waals surface area contributed by atoms with Crippen molar-refractivity contribution in [2.45, 2.75) is 26.7 Å². The van der Waals surface area contributed by atoms with Gasteiger partial charge in [-0.3, -0.25) is 14.2 Å². The van der Waals surface area contributed by atoms with Gasteiger partial charge in [0.1, 0.15) is 5.82 Å². The molecule has 0 aliphatic heterocycles. The highest BCUT2D eigenvalue weighted by molar-refractivity contribution is 6.30. The molecule has 1 heterocycles. The van der Waals surface area contributed by atoms with Gasteiger partial charge in [0, 0.05) is 28.9 Å². The van der Waals surface area contributed by atoms with E-state index in [1.165, 1.54) is 6.07 Å². The van der Waals surface area contributed by atoms with Gasteiger partial charge in [0.2, 0.25) is 0 Å². The fourth-order valence-corrected chi connectivity index (χ4v) is 3.29. The molecule has 0 bridgehead atoms. The van der Waals surface area contributed by atoms with Crippen molar-refractivity contribution in [2.24, 2.45) is 5.41 Å². The summed E-state index contributed by atoms with van der Waals surface area (Å²) in [6.45, 7) is 4.04. The highest BCUT2D eigenvalue weighted by atomic mass is 35.5. The Hall–Kier alpha value is -2.07. The van der Waals surface area contributed by atoms with E-state index in [9.17, 15) is 9.59 Å². The van der Waals surface area contributed by atoms with Gasteiger partial charge < -0.3 is 5.73 Å². The maximum absolute atomic E-state index is 12.4. The number of aromatic nitrogens is 1. The lowest BCUT2D eigenvalue weighted by Crippen LogP contribution is -2.35. The Balaban J connectivity index is 2.35. The lowest BCUT2D eigenvalue weighted by atomic mass is 9.75. The fraction of sp³-hybridized carbons (Fsp3) is 0.294. The van der Waals surface area contributed by atoms with Crippen molar-refractivity contribution in [3.05, 3.63) is 56.8 Å². The van der Waals surface area contributed by atoms with Crippen LogP contribution < -0.4 is 11.2 Å². The number of ketones is 1. The largest absolute Gasteiger partial charge is 0.385 e. The molecule has 0 fully saturated rings. The molecule has 1 aliphatic rings. The van der Waals surface area contributed by atoms with Crippen LogP contribution in [0.15, 0.2) is 35.1 Å². The zero-order valence-corrected chi connectivity index (χ0v) is 13.3. The Labute approximate surface area is 133 Å². The maximum atomic E-state index is 12.4. The van der Waals surface area contributed by atoms with Crippen LogP contribution >= 0.6 is 11.6 Å². The molecule has 1 aromatic carbocycles. The zero-order valence-electron chi connectivity index (χ0n) is 12.5. The number of pyridine rings is 1. The first-order valence-electron chi connectivity index (χ1n) is 7.12. The van der Waals surface area contributed by atoms with Crippen molar-refractivity contribution in [1.29, 1.82) is 0 Å². The summed E-state index contributed by atoms with van der Waals surface area (Å²) < 4.78 is 1.77. The summed E-state index contributed by atoms with van der Waals surface area (Å²) in [5.41, 5.74) is 7.26. The quantitative estimate of drug-likeness (QED) is 0.878. The molecule has 2 N–H and O–H groups in total. The number of benzene rings is 1. The Bertz CT molecular complexity index is 837. The van der Waals surface area contributed by atoms with Gasteiger partial charge in [-0.2, -0.15) is 0 Å². The number of hydrogen-bond acceptors (Lipinski definition) is 3. The number of nitrogens with two attached hydrogens (primary N) is 1. The molecular weight excluding hydrogens is 300 g/mol. The van der Waals surface area contributed by atoms with E-state index in [2.05, 4.69) is 0 Å². The summed E-state index contributed by atoms with van der Waals surface area (Å²) in [5.74, 6) is 0.198. The van der Waals surface area contributed by atoms with E-state index < -0.39 is 0 Å². The van der Waals surface area contributed by atoms with Gasteiger partial charge in [0.05, 0.1) is 5.56 Å². The third-order valence-electron chi connectivity index (χ3n) is 3.97. The lowest BCUT2D eigenvalue weighted by Gasteiger charge is -2.32. The molecule has 0 saturated heterocycles. The lowest BCUT2D eigenvalue weighted by molar-refractivity contribution is 0.0908. The molecule has 3 rings (SSSR count). The highest BCUT2D eigenvalue weighted by Gasteiger charge is 2.35. The number of rotatable bonds is 1. The molecule has 114 valence electrons. The van der Waals surface area contributed by atoms with Crippen LogP contribution in [0.25, 0.3) is 5.69 Å². The standard InChI is InChI=1S/C17H17ClN2O2/c1-17(2)8-12-16(14(22)9-17)13(21)7-15(19)20(12)11-5-3-4-10(18)6-11/h3-7H,8-9,19H2,1-2H3. The molecule has 5 heteroatoms. The third-order valence-corrected chi connectivity index (χ3v) is 4.21. The van der Waals surface area contributed by atoms with Gasteiger partial charge in [-0.1, -0.05) is 31.5 Å². The van der Waals surface area contributed by atoms with Gasteiger partial charge in [-0.05, 0) is 30.0 Å². The minimum atomic E-state index is -0.300. The van der Waals surface area contributed by atoms with Crippen molar-refractivity contribution in [1.82, 2.24) is 4.57 Å². The molecule has 0 saturated carbocycles. The number of hydrogen-bond donors (Lipinski definition) is 1. The van der Waals surface area contributed by atoms with Gasteiger partial charge >= 0.3 is 0 Å². The molecule has 0 spiro atoms. The molecule has 2 aromatic rings. The average molecular weight is 317 g/mol. The third kappa shape index (κ3) is 2.44. The van der Waals surface area contributed by atoms with Crippen LogP contribution in [0.2, 0.25) is 5.02 Å². The molecular formula is C17H17ClN2O2. The number of anilines is 1. The first kappa shape index (κ1) is 14.9. The molecule has 0 atom stereocenters. The zero-order chi connectivity index (χ0) is 16.1. The molecule has 4 nitrogen and oxygen atoms in total. The second kappa shape index (κ2) is 4.99. The topological polar surface area (TPSA) is 65.1 Å². The van der Waals surface area contributed by atoms with Crippen LogP contribution in [0.3, 0.4) is 0 Å². The summed E-state index contributed by atoms with van der Waals surface area (Å²) in [7, 11) is 0. The van der Waals surface area contributed by atoms with Crippen molar-refractivity contribution in [3.8, 4) is 5.69 Å². The van der Waals surface area contributed by atoms with Crippen LogP contribution in [0.1, 0.15) is 36.3 Å². The van der Waals surface area contributed by atoms with Crippen LogP contribution in [0.4, 0.5) is 5.82 Å². The normalized spacial score (nSPS) is 16.4. The molecule has 0 amide bonds. The van der Waals surface area contributed by atoms with E-state index in [0.717, 1.165) is 5.69 Å². The van der Waals surface area contributed by atoms with Gasteiger partial charge in [-0.15, -0.1) is 0 Å². The van der Waals surface area contributed by atoms with E-state index in [1.54, 1.807) is 16.7 Å². The summed E-state index contributed by atoms with van der Waals surface area (Å²) >= 11 is 6.06. The highest BCUT2D eigenvalue weighted by Crippen LogP contribution is 2.35. The van der Waals surface area contributed by atoms with Crippen molar-refractivity contribution in [3.63, 3.8) is 0 Å². The van der Waals surface area contributed by atoms with Crippen LogP contribution in [0.5, 0.6) is 0 Å². The van der Waals surface area contributed by atoms with Gasteiger partial charge in [0.15, 0.2) is 11.2 Å². The maximum Gasteiger partial charge on any atom is 0.194 e. The van der Waals surface area contributed by atoms with E-state index in [4.69, 9.17) is 17.3 Å². The van der Waals surface area contributed by atoms with Crippen molar-refractivity contribution >= 4 is 23.2 Å². The first-order valence-corrected chi connectivity index (χ1v) is 7.50. The summed E-state index contributed by atoms with van der Waals surface area (Å²) in [4.78, 5) is 24.6. The number of nitrogens with zero attached hydrogens (tertiary/aromatic N) is 1. The Kier molecular flexibility index (Phi) is 3.37. The number of halogens is 1. The van der Waals surface area contributed by atoms with E-state index in [1.807, 2.05) is 26.0 Å². The average Bonchev–Trinajstić information content (AvgIpc) is 2.35. The Morgan fingerprint density at radius 1 is 1.18 bits per heavy atom. The second-order valence-corrected chi connectivity index (χ2v) is 6.95. The van der Waals surface area contributed by atoms with Crippen LogP contribution in [0, 0.1) is 5.41 Å². The predicted molar refractivity (Wildman–Crippen MR) is 87.9 cm³/mol. The Morgan fingerprint density at radius 3 is 2.59 bits per heavy atom. The second-order valence-electron chi connectivity index (χ2n) is 6.51. The number of Topliss-reactive ketones (excluding diaryl/α,β-unsaturated/α-hetero) is 1. The van der Waals surface area contributed by atoms with E-state index in [-0.39, 0.29) is 22.2 Å². The van der Waals surface area contributed by atoms with Crippen molar-refractivity contribution in [2.75, 3.05) is 5.73 Å². The SMILES string of the molecule is CC1(C)CC(=O)c2c(n(-c3cccc(Cl)c3)c(N)cc2=O)C1. The molecule has 22 heavy (non-hydrogen) atoms. The number of carbonyl (C=O) groups is 1. The van der Waals surface area contributed by atoms with Crippen LogP contribution in [-0.4, -0.2) is 10.4 Å². The minimum Gasteiger partial charge on any atom is -0.385 e. The summed E-state index contributed by atoms with van der Waals surface area (Å²) in [6.07, 6.45) is 0.982. The van der Waals surface area contributed by atoms with Gasteiger partial charge in [0.25, 0.3) is 0 Å². The number of nitrogen functional groups attached to an aromatic ring is 1. The number of fused-ring (bicyclic) bond motifs is 1. The van der Waals surface area contributed by atoms with Crippen LogP contribution in [-0.2, 0) is 6.42 Å². The fourth-order valence-electron chi connectivity index (χ4n) is 3.11. The molecule has 0 unspecified atom stereocenters. The minimum absolute atomic E-state index is 0.118. The summed E-state index contributed by atoms with van der Waals surface area (Å²) in [6, 6.07) is 8.53. The molecule has 1 aliphatic carbocycles. The Morgan fingerprint density at radius 2 is 1.91 bits per heavy atom. The molecule has 1 aromatic heterocycles. The van der Waals surface area contributed by atoms with E-state index >= 15 is 0 Å². The number of carbonyl (C=O) groups excluding carboxylic acids is 1. The van der Waals surface area contributed by atoms with E-state index in [0.29, 0.717) is 29.4 Å². The smallest absolute Gasteiger partial charge is 0.194 e. The van der Waals surface area contributed by atoms with Gasteiger partial charge in [-0.25, -0.2) is 0 Å². The van der Waals surface area contributed by atoms with Crippen molar-refractivity contribution < 1.29 is 4.79 Å². The predicted octanol–water partition coefficient (Wildman–Crippen LogP) is 3.23. The summed E-state index contributed by atoms with van der Waals surface area (Å²) in [5, 5.41) is 0.575. The monoisotopic (exact) mass is 316 g/mol.